The Labute approximate surface area is 101 Å². The van der Waals surface area contributed by atoms with E-state index in [2.05, 4.69) is 9.71 Å². The molecule has 0 aliphatic carbocycles. The molecule has 1 unspecified atom stereocenters. The molecule has 1 aromatic rings. The molecule has 0 fully saturated rings. The van der Waals surface area contributed by atoms with Crippen LogP contribution in [-0.4, -0.2) is 25.8 Å². The third kappa shape index (κ3) is 4.08. The van der Waals surface area contributed by atoms with Gasteiger partial charge in [-0.3, -0.25) is 4.98 Å². The number of sulfonamides is 1. The lowest BCUT2D eigenvalue weighted by atomic mass is 10.1. The maximum Gasteiger partial charge on any atom is 0.242 e. The van der Waals surface area contributed by atoms with E-state index in [1.807, 2.05) is 6.92 Å². The van der Waals surface area contributed by atoms with Gasteiger partial charge in [0.05, 0.1) is 0 Å². The van der Waals surface area contributed by atoms with E-state index in [1.54, 1.807) is 6.07 Å². The Morgan fingerprint density at radius 2 is 2.31 bits per heavy atom. The molecule has 0 spiro atoms. The van der Waals surface area contributed by atoms with E-state index in [1.165, 1.54) is 18.5 Å². The lowest BCUT2D eigenvalue weighted by molar-refractivity contribution is 0.530. The second-order valence-electron chi connectivity index (χ2n) is 3.62. The van der Waals surface area contributed by atoms with E-state index in [0.717, 1.165) is 6.42 Å². The van der Waals surface area contributed by atoms with Crippen molar-refractivity contribution in [2.75, 3.05) is 12.4 Å². The van der Waals surface area contributed by atoms with Gasteiger partial charge in [0.2, 0.25) is 10.0 Å². The van der Waals surface area contributed by atoms with Crippen LogP contribution < -0.4 is 4.72 Å². The minimum absolute atomic E-state index is 0.188. The van der Waals surface area contributed by atoms with Crippen LogP contribution in [0.3, 0.4) is 0 Å². The average molecular weight is 263 g/mol. The Morgan fingerprint density at radius 1 is 1.56 bits per heavy atom. The second kappa shape index (κ2) is 6.18. The predicted octanol–water partition coefficient (Wildman–Crippen LogP) is 1.62. The zero-order valence-electron chi connectivity index (χ0n) is 9.06. The number of pyridine rings is 1. The van der Waals surface area contributed by atoms with Crippen molar-refractivity contribution >= 4 is 21.6 Å². The molecule has 4 nitrogen and oxygen atoms in total. The lowest BCUT2D eigenvalue weighted by Crippen LogP contribution is -2.28. The third-order valence-electron chi connectivity index (χ3n) is 2.17. The highest BCUT2D eigenvalue weighted by molar-refractivity contribution is 7.89. The molecule has 1 aromatic heterocycles. The first-order valence-electron chi connectivity index (χ1n) is 5.02. The molecule has 1 heterocycles. The Morgan fingerprint density at radius 3 is 2.88 bits per heavy atom. The Kier molecular flexibility index (Phi) is 5.18. The summed E-state index contributed by atoms with van der Waals surface area (Å²) in [6, 6.07) is 3.11. The van der Waals surface area contributed by atoms with E-state index in [-0.39, 0.29) is 10.8 Å². The van der Waals surface area contributed by atoms with Crippen LogP contribution in [0.15, 0.2) is 29.4 Å². The fourth-order valence-electron chi connectivity index (χ4n) is 1.13. The average Bonchev–Trinajstić information content (AvgIpc) is 2.28. The zero-order chi connectivity index (χ0) is 12.0. The van der Waals surface area contributed by atoms with Gasteiger partial charge in [0.15, 0.2) is 0 Å². The fraction of sp³-hybridized carbons (Fsp3) is 0.500. The van der Waals surface area contributed by atoms with Crippen molar-refractivity contribution in [3.63, 3.8) is 0 Å². The minimum atomic E-state index is -3.43. The first-order chi connectivity index (χ1) is 7.56. The summed E-state index contributed by atoms with van der Waals surface area (Å²) in [5, 5.41) is 0. The number of rotatable bonds is 6. The molecular weight excluding hydrogens is 248 g/mol. The number of hydrogen-bond donors (Lipinski definition) is 1. The first-order valence-corrected chi connectivity index (χ1v) is 7.03. The summed E-state index contributed by atoms with van der Waals surface area (Å²) in [4.78, 5) is 3.96. The summed E-state index contributed by atoms with van der Waals surface area (Å²) >= 11 is 5.58. The van der Waals surface area contributed by atoms with E-state index in [0.29, 0.717) is 12.4 Å². The van der Waals surface area contributed by atoms with Crippen molar-refractivity contribution in [2.24, 2.45) is 5.92 Å². The molecule has 0 amide bonds. The second-order valence-corrected chi connectivity index (χ2v) is 5.77. The zero-order valence-corrected chi connectivity index (χ0v) is 10.6. The van der Waals surface area contributed by atoms with Gasteiger partial charge < -0.3 is 0 Å². The summed E-state index contributed by atoms with van der Waals surface area (Å²) in [7, 11) is -3.43. The number of nitrogens with one attached hydrogen (secondary N) is 1. The van der Waals surface area contributed by atoms with Crippen LogP contribution in [0.4, 0.5) is 0 Å². The molecule has 0 aliphatic rings. The van der Waals surface area contributed by atoms with E-state index >= 15 is 0 Å². The summed E-state index contributed by atoms with van der Waals surface area (Å²) in [6.07, 6.45) is 3.65. The van der Waals surface area contributed by atoms with Crippen LogP contribution in [0.5, 0.6) is 0 Å². The number of halogens is 1. The number of nitrogens with zero attached hydrogens (tertiary/aromatic N) is 1. The van der Waals surface area contributed by atoms with Crippen molar-refractivity contribution in [1.82, 2.24) is 9.71 Å². The summed E-state index contributed by atoms with van der Waals surface area (Å²) in [5.41, 5.74) is 0. The number of alkyl halides is 1. The SMILES string of the molecule is CC(CCCl)CNS(=O)(=O)c1cccnc1. The van der Waals surface area contributed by atoms with Gasteiger partial charge in [0.25, 0.3) is 0 Å². The van der Waals surface area contributed by atoms with Crippen LogP contribution >= 0.6 is 11.6 Å². The first kappa shape index (κ1) is 13.4. The van der Waals surface area contributed by atoms with Gasteiger partial charge in [-0.25, -0.2) is 13.1 Å². The van der Waals surface area contributed by atoms with Crippen molar-refractivity contribution < 1.29 is 8.42 Å². The number of hydrogen-bond acceptors (Lipinski definition) is 3. The molecule has 6 heteroatoms. The maximum atomic E-state index is 11.8. The monoisotopic (exact) mass is 262 g/mol. The number of aromatic nitrogens is 1. The summed E-state index contributed by atoms with van der Waals surface area (Å²) < 4.78 is 26.0. The van der Waals surface area contributed by atoms with E-state index in [9.17, 15) is 8.42 Å². The molecule has 1 N–H and O–H groups in total. The molecular formula is C10H15ClN2O2S. The van der Waals surface area contributed by atoms with Gasteiger partial charge in [0, 0.05) is 24.8 Å². The molecule has 1 atom stereocenters. The van der Waals surface area contributed by atoms with Crippen molar-refractivity contribution in [1.29, 1.82) is 0 Å². The summed E-state index contributed by atoms with van der Waals surface area (Å²) in [5.74, 6) is 0.763. The Balaban J connectivity index is 2.60. The van der Waals surface area contributed by atoms with Gasteiger partial charge in [-0.2, -0.15) is 0 Å². The van der Waals surface area contributed by atoms with Crippen LogP contribution in [-0.2, 0) is 10.0 Å². The molecule has 1 rings (SSSR count). The highest BCUT2D eigenvalue weighted by Gasteiger charge is 2.14. The molecule has 0 saturated carbocycles. The molecule has 0 radical (unpaired) electrons. The third-order valence-corrected chi connectivity index (χ3v) is 3.80. The van der Waals surface area contributed by atoms with Gasteiger partial charge in [0.1, 0.15) is 4.90 Å². The van der Waals surface area contributed by atoms with Crippen molar-refractivity contribution in [3.05, 3.63) is 24.5 Å². The lowest BCUT2D eigenvalue weighted by Gasteiger charge is -2.11. The van der Waals surface area contributed by atoms with Crippen LogP contribution in [0, 0.1) is 5.92 Å². The highest BCUT2D eigenvalue weighted by atomic mass is 35.5. The molecule has 16 heavy (non-hydrogen) atoms. The molecule has 0 aromatic carbocycles. The summed E-state index contributed by atoms with van der Waals surface area (Å²) in [6.45, 7) is 2.35. The largest absolute Gasteiger partial charge is 0.263 e. The van der Waals surface area contributed by atoms with Crippen LogP contribution in [0.25, 0.3) is 0 Å². The van der Waals surface area contributed by atoms with Gasteiger partial charge >= 0.3 is 0 Å². The van der Waals surface area contributed by atoms with Gasteiger partial charge in [-0.1, -0.05) is 6.92 Å². The molecule has 0 bridgehead atoms. The van der Waals surface area contributed by atoms with Crippen LogP contribution in [0.1, 0.15) is 13.3 Å². The minimum Gasteiger partial charge on any atom is -0.263 e. The van der Waals surface area contributed by atoms with Crippen molar-refractivity contribution in [3.8, 4) is 0 Å². The normalized spacial score (nSPS) is 13.6. The highest BCUT2D eigenvalue weighted by Crippen LogP contribution is 2.07. The maximum absolute atomic E-state index is 11.8. The standard InChI is InChI=1S/C10H15ClN2O2S/c1-9(4-5-11)7-13-16(14,15)10-3-2-6-12-8-10/h2-3,6,8-9,13H,4-5,7H2,1H3. The van der Waals surface area contributed by atoms with Gasteiger partial charge in [-0.05, 0) is 24.5 Å². The van der Waals surface area contributed by atoms with Crippen LogP contribution in [0.2, 0.25) is 0 Å². The quantitative estimate of drug-likeness (QED) is 0.793. The van der Waals surface area contributed by atoms with E-state index in [4.69, 9.17) is 11.6 Å². The molecule has 0 aliphatic heterocycles. The van der Waals surface area contributed by atoms with E-state index < -0.39 is 10.0 Å². The molecule has 0 saturated heterocycles. The predicted molar refractivity (Wildman–Crippen MR) is 63.9 cm³/mol. The van der Waals surface area contributed by atoms with Crippen molar-refractivity contribution in [2.45, 2.75) is 18.2 Å². The smallest absolute Gasteiger partial charge is 0.242 e. The fourth-order valence-corrected chi connectivity index (χ4v) is 2.63. The Hall–Kier alpha value is -0.650. The van der Waals surface area contributed by atoms with Gasteiger partial charge in [-0.15, -0.1) is 11.6 Å². The molecule has 90 valence electrons. The topological polar surface area (TPSA) is 59.1 Å². The Bertz CT molecular complexity index is 408.